The van der Waals surface area contributed by atoms with E-state index in [-0.39, 0.29) is 83.1 Å². The fourth-order valence-electron chi connectivity index (χ4n) is 9.62. The van der Waals surface area contributed by atoms with E-state index >= 15 is 0 Å². The molecule has 1 amide bonds. The van der Waals surface area contributed by atoms with Crippen molar-refractivity contribution in [1.29, 1.82) is 0 Å². The Kier molecular flexibility index (Phi) is 11.5. The van der Waals surface area contributed by atoms with Crippen molar-refractivity contribution in [1.82, 2.24) is 10.3 Å². The second-order valence-electron chi connectivity index (χ2n) is 15.4. The highest BCUT2D eigenvalue weighted by Gasteiger charge is 2.78. The van der Waals surface area contributed by atoms with E-state index in [4.69, 9.17) is 28.4 Å². The molecule has 3 fully saturated rings. The summed E-state index contributed by atoms with van der Waals surface area (Å²) in [5, 5.41) is 3.18. The van der Waals surface area contributed by atoms with Crippen LogP contribution >= 0.6 is 0 Å². The maximum absolute atomic E-state index is 14.6. The van der Waals surface area contributed by atoms with Crippen LogP contribution < -0.4 is 5.32 Å². The number of nitrogens with zero attached hydrogens (tertiary/aromatic N) is 1. The molecule has 2 spiro atoms. The fraction of sp³-hybridized carbons (Fsp3) is 0.700. The minimum absolute atomic E-state index is 0.000222. The van der Waals surface area contributed by atoms with Gasteiger partial charge in [0.2, 0.25) is 12.6 Å². The van der Waals surface area contributed by atoms with Crippen molar-refractivity contribution in [3.63, 3.8) is 0 Å². The first kappa shape index (κ1) is 37.8. The molecule has 4 aliphatic carbocycles. The number of hydrogen-bond acceptors (Lipinski definition) is 10. The molecule has 1 N–H and O–H groups in total. The summed E-state index contributed by atoms with van der Waals surface area (Å²) in [4.78, 5) is 45.5. The average Bonchev–Trinajstić information content (AvgIpc) is 3.49. The van der Waals surface area contributed by atoms with E-state index in [9.17, 15) is 14.4 Å². The average molecular weight is 709 g/mol. The normalized spacial score (nSPS) is 36.3. The molecule has 12 unspecified atom stereocenters. The zero-order valence-electron chi connectivity index (χ0n) is 31.2. The molecule has 280 valence electrons. The summed E-state index contributed by atoms with van der Waals surface area (Å²) in [6.07, 6.45) is 13.1. The van der Waals surface area contributed by atoms with Crippen LogP contribution in [0.25, 0.3) is 0 Å². The molecule has 0 bridgehead atoms. The van der Waals surface area contributed by atoms with E-state index < -0.39 is 18.5 Å². The van der Waals surface area contributed by atoms with E-state index in [0.717, 1.165) is 25.7 Å². The van der Waals surface area contributed by atoms with Crippen LogP contribution in [0.5, 0.6) is 0 Å². The Balaban J connectivity index is 1.27. The van der Waals surface area contributed by atoms with E-state index in [1.165, 1.54) is 0 Å². The van der Waals surface area contributed by atoms with Crippen molar-refractivity contribution in [3.05, 3.63) is 53.9 Å². The number of amides is 1. The molecular weight excluding hydrogens is 652 g/mol. The van der Waals surface area contributed by atoms with Crippen molar-refractivity contribution < 1.29 is 42.8 Å². The van der Waals surface area contributed by atoms with Gasteiger partial charge >= 0.3 is 5.97 Å². The minimum Gasteiger partial charge on any atom is -0.462 e. The molecule has 6 rings (SSSR count). The summed E-state index contributed by atoms with van der Waals surface area (Å²) in [7, 11) is 4.79. The van der Waals surface area contributed by atoms with Crippen molar-refractivity contribution in [2.75, 3.05) is 21.3 Å². The number of esters is 1. The molecule has 51 heavy (non-hydrogen) atoms. The predicted octanol–water partition coefficient (Wildman–Crippen LogP) is 5.58. The number of pyridine rings is 1. The second kappa shape index (κ2) is 15.6. The molecule has 11 heteroatoms. The Bertz CT molecular complexity index is 1480. The monoisotopic (exact) mass is 708 g/mol. The van der Waals surface area contributed by atoms with Gasteiger partial charge in [0.15, 0.2) is 5.78 Å². The van der Waals surface area contributed by atoms with E-state index in [2.05, 4.69) is 28.5 Å². The maximum atomic E-state index is 14.6. The Hall–Kier alpha value is -2.96. The number of allylic oxidation sites excluding steroid dienone is 4. The zero-order valence-corrected chi connectivity index (χ0v) is 31.2. The Morgan fingerprint density at radius 3 is 2.47 bits per heavy atom. The third kappa shape index (κ3) is 7.21. The summed E-state index contributed by atoms with van der Waals surface area (Å²) < 4.78 is 35.7. The molecule has 1 aromatic rings. The summed E-state index contributed by atoms with van der Waals surface area (Å²) in [6, 6.07) is 2.98. The smallest absolute Gasteiger partial charge is 0.306 e. The van der Waals surface area contributed by atoms with E-state index in [0.29, 0.717) is 30.4 Å². The van der Waals surface area contributed by atoms with Crippen LogP contribution in [0.1, 0.15) is 89.4 Å². The first-order valence-electron chi connectivity index (χ1n) is 18.8. The highest BCUT2D eigenvalue weighted by molar-refractivity contribution is 6.00. The van der Waals surface area contributed by atoms with Gasteiger partial charge in [0, 0.05) is 62.6 Å². The third-order valence-electron chi connectivity index (χ3n) is 12.8. The molecule has 12 atom stereocenters. The lowest BCUT2D eigenvalue weighted by atomic mass is 9.70. The number of hydrogen-bond donors (Lipinski definition) is 1. The van der Waals surface area contributed by atoms with E-state index in [1.54, 1.807) is 45.9 Å². The number of aromatic nitrogens is 1. The molecule has 0 aromatic carbocycles. The Morgan fingerprint density at radius 2 is 1.78 bits per heavy atom. The largest absolute Gasteiger partial charge is 0.462 e. The van der Waals surface area contributed by atoms with Crippen molar-refractivity contribution in [2.45, 2.75) is 122 Å². The van der Waals surface area contributed by atoms with Gasteiger partial charge in [-0.15, -0.1) is 0 Å². The maximum Gasteiger partial charge on any atom is 0.306 e. The number of carbonyl (C=O) groups excluding carboxylic acids is 3. The van der Waals surface area contributed by atoms with Crippen molar-refractivity contribution >= 4 is 17.7 Å². The van der Waals surface area contributed by atoms with Crippen LogP contribution in [-0.2, 0) is 38.0 Å². The number of methoxy groups -OCH3 is 3. The van der Waals surface area contributed by atoms with Crippen LogP contribution in [0, 0.1) is 34.5 Å². The SMILES string of the molecule is CCC1CCCC(NC(=O)c2ccncc2)C(C)C(=O)C2=CC34CC35CC(OC(OC(C)C(C)OC)C(OC)OC)CC5C=CC4C2CC(=O)O1. The van der Waals surface area contributed by atoms with E-state index in [1.807, 2.05) is 27.7 Å². The van der Waals surface area contributed by atoms with Gasteiger partial charge in [-0.3, -0.25) is 19.4 Å². The highest BCUT2D eigenvalue weighted by atomic mass is 16.8. The lowest BCUT2D eigenvalue weighted by Gasteiger charge is -2.34. The predicted molar refractivity (Wildman–Crippen MR) is 188 cm³/mol. The van der Waals surface area contributed by atoms with Crippen LogP contribution in [-0.4, -0.2) is 87.0 Å². The Morgan fingerprint density at radius 1 is 1.04 bits per heavy atom. The molecule has 5 aliphatic rings. The van der Waals surface area contributed by atoms with Gasteiger partial charge in [0.05, 0.1) is 24.7 Å². The first-order chi connectivity index (χ1) is 24.5. The highest BCUT2D eigenvalue weighted by Crippen LogP contribution is 2.83. The van der Waals surface area contributed by atoms with Gasteiger partial charge in [0.1, 0.15) is 6.10 Å². The number of Topliss-reactive ketones (excluding diaryl/α,β-unsaturated/α-hetero) is 1. The van der Waals surface area contributed by atoms with Gasteiger partial charge in [-0.25, -0.2) is 0 Å². The standard InChI is InChI=1S/C40H56N2O9/c1-8-28-10-9-11-33(42-36(45)26-14-16-41-17-15-26)23(2)35(44)31-21-40-22-39(40)20-29(18-27(39)12-13-32(40)30(31)19-34(43)50-28)51-38(37(47-6)48-7)49-25(4)24(3)46-5/h12-17,21,23-25,27-30,32-33,37-38H,8-11,18-20,22H2,1-7H3,(H,42,45). The summed E-state index contributed by atoms with van der Waals surface area (Å²) in [5.41, 5.74) is 0.863. The van der Waals surface area contributed by atoms with Crippen LogP contribution in [0.3, 0.4) is 0 Å². The topological polar surface area (TPSA) is 132 Å². The lowest BCUT2D eigenvalue weighted by molar-refractivity contribution is -0.301. The fourth-order valence-corrected chi connectivity index (χ4v) is 9.62. The first-order valence-corrected chi connectivity index (χ1v) is 18.8. The number of carbonyl (C=O) groups is 3. The number of rotatable bonds is 12. The molecule has 1 aromatic heterocycles. The van der Waals surface area contributed by atoms with Gasteiger partial charge in [-0.05, 0) is 93.7 Å². The Labute approximate surface area is 302 Å². The molecule has 1 saturated heterocycles. The second-order valence-corrected chi connectivity index (χ2v) is 15.4. The summed E-state index contributed by atoms with van der Waals surface area (Å²) in [6.45, 7) is 7.84. The molecular formula is C40H56N2O9. The van der Waals surface area contributed by atoms with Crippen LogP contribution in [0.4, 0.5) is 0 Å². The number of cyclic esters (lactones) is 1. The van der Waals surface area contributed by atoms with Crippen LogP contribution in [0.2, 0.25) is 0 Å². The number of nitrogens with one attached hydrogen (secondary N) is 1. The molecule has 1 aliphatic heterocycles. The van der Waals surface area contributed by atoms with Crippen molar-refractivity contribution in [3.8, 4) is 0 Å². The number of ketones is 1. The van der Waals surface area contributed by atoms with Crippen LogP contribution in [0.15, 0.2) is 48.3 Å². The third-order valence-corrected chi connectivity index (χ3v) is 12.8. The van der Waals surface area contributed by atoms with Crippen molar-refractivity contribution in [2.24, 2.45) is 34.5 Å². The number of ether oxygens (including phenoxy) is 6. The minimum atomic E-state index is -0.761. The molecule has 2 saturated carbocycles. The number of fused-ring (bicyclic) bond motifs is 2. The van der Waals surface area contributed by atoms with Gasteiger partial charge in [-0.2, -0.15) is 0 Å². The molecule has 11 nitrogen and oxygen atoms in total. The van der Waals surface area contributed by atoms with Gasteiger partial charge < -0.3 is 33.7 Å². The molecule has 0 radical (unpaired) electrons. The molecule has 2 heterocycles. The summed E-state index contributed by atoms with van der Waals surface area (Å²) in [5.74, 6) is -0.984. The van der Waals surface area contributed by atoms with Gasteiger partial charge in [-0.1, -0.05) is 32.1 Å². The quantitative estimate of drug-likeness (QED) is 0.167. The van der Waals surface area contributed by atoms with Gasteiger partial charge in [0.25, 0.3) is 5.91 Å². The lowest BCUT2D eigenvalue weighted by Crippen LogP contribution is -2.43. The zero-order chi connectivity index (χ0) is 36.5. The summed E-state index contributed by atoms with van der Waals surface area (Å²) >= 11 is 0.